The van der Waals surface area contributed by atoms with E-state index >= 15 is 0 Å². The third-order valence-electron chi connectivity index (χ3n) is 11.5. The summed E-state index contributed by atoms with van der Waals surface area (Å²) in [6.45, 7) is 10.8. The number of ether oxygens (including phenoxy) is 1. The number of fused-ring (bicyclic) bond motifs is 12. The first kappa shape index (κ1) is 31.1. The van der Waals surface area contributed by atoms with Gasteiger partial charge in [-0.2, -0.15) is 0 Å². The van der Waals surface area contributed by atoms with Crippen molar-refractivity contribution in [3.63, 3.8) is 0 Å². The molecule has 0 spiro atoms. The van der Waals surface area contributed by atoms with E-state index in [0.29, 0.717) is 5.90 Å². The third-order valence-corrected chi connectivity index (χ3v) is 11.5. The third kappa shape index (κ3) is 4.51. The molecule has 4 heterocycles. The number of aromatic nitrogens is 3. The van der Waals surface area contributed by atoms with Crippen molar-refractivity contribution in [2.24, 2.45) is 4.99 Å². The van der Waals surface area contributed by atoms with Gasteiger partial charge in [0.25, 0.3) is 0 Å². The number of aryl methyl sites for hydroxylation is 5. The number of aliphatic imine (C=N–C) groups is 1. The smallest absolute Gasteiger partial charge is 0.217 e. The van der Waals surface area contributed by atoms with E-state index in [2.05, 4.69) is 159 Å². The molecule has 54 heavy (non-hydrogen) atoms. The molecule has 1 aliphatic heterocycles. The van der Waals surface area contributed by atoms with Crippen LogP contribution in [0.25, 0.3) is 66.2 Å². The summed E-state index contributed by atoms with van der Waals surface area (Å²) in [5.41, 5.74) is 18.6. The molecule has 260 valence electrons. The first-order valence-electron chi connectivity index (χ1n) is 18.8. The van der Waals surface area contributed by atoms with Gasteiger partial charge in [0.1, 0.15) is 11.7 Å². The largest absolute Gasteiger partial charge is 0.467 e. The standard InChI is InChI=1S/C49H38N4O/c1-27-8-13-36-39(21-27)40-22-28(2)9-14-37(40)47-46(36)51-49(54-47)32-19-31(5)20-34(25-32)52-43-16-10-29(3)23-41(43)35-15-12-33(26-45(35)52)53-44-17-11-30(4)24-42(44)38-7-6-18-50-48(38)53/h6-26,46-47H,1-5H3/t46-,47+/m1/s1. The number of pyridine rings is 1. The minimum Gasteiger partial charge on any atom is -0.467 e. The molecule has 0 bridgehead atoms. The Bertz CT molecular complexity index is 3100. The Kier molecular flexibility index (Phi) is 6.49. The van der Waals surface area contributed by atoms with Gasteiger partial charge in [0.15, 0.2) is 6.10 Å². The normalized spacial score (nSPS) is 16.1. The molecule has 2 aliphatic rings. The van der Waals surface area contributed by atoms with Crippen LogP contribution in [0.3, 0.4) is 0 Å². The SMILES string of the molecule is Cc1cc(C2=N[C@@H]3c4ccc(C)cc4-c4cc(C)ccc4[C@@H]3O2)cc(-n2c3ccc(C)cc3c3ccc(-n4c5ccc(C)cc5c5cccnc54)cc32)c1. The second kappa shape index (κ2) is 11.3. The molecule has 0 amide bonds. The summed E-state index contributed by atoms with van der Waals surface area (Å²) in [6, 6.07) is 44.6. The van der Waals surface area contributed by atoms with Crippen molar-refractivity contribution >= 4 is 49.6 Å². The van der Waals surface area contributed by atoms with Crippen LogP contribution in [-0.2, 0) is 4.74 Å². The van der Waals surface area contributed by atoms with Crippen LogP contribution >= 0.6 is 0 Å². The Morgan fingerprint density at radius 1 is 0.500 bits per heavy atom. The van der Waals surface area contributed by atoms with E-state index in [4.69, 9.17) is 14.7 Å². The van der Waals surface area contributed by atoms with Crippen LogP contribution in [0.15, 0.2) is 133 Å². The van der Waals surface area contributed by atoms with E-state index in [1.165, 1.54) is 60.7 Å². The van der Waals surface area contributed by atoms with Crippen molar-refractivity contribution in [1.82, 2.24) is 14.1 Å². The summed E-state index contributed by atoms with van der Waals surface area (Å²) in [5, 5.41) is 4.81. The van der Waals surface area contributed by atoms with E-state index in [9.17, 15) is 0 Å². The van der Waals surface area contributed by atoms with Crippen molar-refractivity contribution in [2.45, 2.75) is 46.8 Å². The molecule has 3 aromatic heterocycles. The fourth-order valence-corrected chi connectivity index (χ4v) is 9.11. The molecule has 0 N–H and O–H groups in total. The lowest BCUT2D eigenvalue weighted by atomic mass is 9.80. The number of rotatable bonds is 3. The Balaban J connectivity index is 1.10. The van der Waals surface area contributed by atoms with Gasteiger partial charge < -0.3 is 9.30 Å². The Morgan fingerprint density at radius 2 is 1.17 bits per heavy atom. The van der Waals surface area contributed by atoms with Gasteiger partial charge in [-0.25, -0.2) is 9.98 Å². The van der Waals surface area contributed by atoms with E-state index in [-0.39, 0.29) is 12.1 Å². The van der Waals surface area contributed by atoms with Gasteiger partial charge in [0, 0.05) is 50.2 Å². The molecule has 0 unspecified atom stereocenters. The van der Waals surface area contributed by atoms with Crippen LogP contribution < -0.4 is 0 Å². The lowest BCUT2D eigenvalue weighted by molar-refractivity contribution is 0.195. The van der Waals surface area contributed by atoms with Gasteiger partial charge in [0.05, 0.1) is 16.6 Å². The number of benzene rings is 6. The summed E-state index contributed by atoms with van der Waals surface area (Å²) >= 11 is 0. The molecule has 5 nitrogen and oxygen atoms in total. The molecule has 9 aromatic rings. The highest BCUT2D eigenvalue weighted by atomic mass is 16.5. The lowest BCUT2D eigenvalue weighted by Gasteiger charge is -2.29. The Hall–Kier alpha value is -6.46. The van der Waals surface area contributed by atoms with Crippen LogP contribution in [0.5, 0.6) is 0 Å². The summed E-state index contributed by atoms with van der Waals surface area (Å²) in [7, 11) is 0. The summed E-state index contributed by atoms with van der Waals surface area (Å²) in [4.78, 5) is 10.3. The fraction of sp³-hybridized carbons (Fsp3) is 0.143. The van der Waals surface area contributed by atoms with Crippen LogP contribution in [0, 0.1) is 34.6 Å². The second-order valence-electron chi connectivity index (χ2n) is 15.4. The van der Waals surface area contributed by atoms with Crippen LogP contribution in [-0.4, -0.2) is 20.0 Å². The molecule has 0 radical (unpaired) electrons. The zero-order valence-electron chi connectivity index (χ0n) is 31.0. The molecule has 2 atom stereocenters. The molecule has 5 heteroatoms. The topological polar surface area (TPSA) is 44.3 Å². The first-order chi connectivity index (χ1) is 26.3. The maximum Gasteiger partial charge on any atom is 0.217 e. The lowest BCUT2D eigenvalue weighted by Crippen LogP contribution is -2.15. The van der Waals surface area contributed by atoms with Crippen molar-refractivity contribution < 1.29 is 4.74 Å². The molecular formula is C49H38N4O. The molecule has 6 aromatic carbocycles. The molecule has 0 saturated carbocycles. The van der Waals surface area contributed by atoms with Crippen LogP contribution in [0.4, 0.5) is 0 Å². The van der Waals surface area contributed by atoms with Crippen molar-refractivity contribution in [3.8, 4) is 22.5 Å². The monoisotopic (exact) mass is 698 g/mol. The predicted molar refractivity (Wildman–Crippen MR) is 222 cm³/mol. The van der Waals surface area contributed by atoms with Gasteiger partial charge in [-0.05, 0) is 124 Å². The summed E-state index contributed by atoms with van der Waals surface area (Å²) in [5.74, 6) is 0.693. The van der Waals surface area contributed by atoms with Crippen LogP contribution in [0.2, 0.25) is 0 Å². The van der Waals surface area contributed by atoms with E-state index < -0.39 is 0 Å². The molecule has 11 rings (SSSR count). The zero-order valence-corrected chi connectivity index (χ0v) is 31.0. The van der Waals surface area contributed by atoms with Crippen molar-refractivity contribution in [3.05, 3.63) is 172 Å². The number of nitrogens with zero attached hydrogens (tertiary/aromatic N) is 4. The summed E-state index contributed by atoms with van der Waals surface area (Å²) in [6.07, 6.45) is 1.72. The highest BCUT2D eigenvalue weighted by Gasteiger charge is 2.40. The Labute approximate surface area is 313 Å². The first-order valence-corrected chi connectivity index (χ1v) is 18.8. The quantitative estimate of drug-likeness (QED) is 0.184. The minimum absolute atomic E-state index is 0.0999. The van der Waals surface area contributed by atoms with Crippen molar-refractivity contribution in [2.75, 3.05) is 0 Å². The molecule has 1 aliphatic carbocycles. The summed E-state index contributed by atoms with van der Waals surface area (Å²) < 4.78 is 11.6. The highest BCUT2D eigenvalue weighted by Crippen LogP contribution is 2.52. The van der Waals surface area contributed by atoms with Crippen LogP contribution in [0.1, 0.15) is 56.7 Å². The molecule has 0 fully saturated rings. The number of hydrogen-bond donors (Lipinski definition) is 0. The minimum atomic E-state index is -0.169. The van der Waals surface area contributed by atoms with Gasteiger partial charge in [-0.15, -0.1) is 0 Å². The fourth-order valence-electron chi connectivity index (χ4n) is 9.11. The Morgan fingerprint density at radius 3 is 1.94 bits per heavy atom. The number of hydrogen-bond acceptors (Lipinski definition) is 3. The van der Waals surface area contributed by atoms with Gasteiger partial charge in [-0.1, -0.05) is 76.9 Å². The zero-order chi connectivity index (χ0) is 36.4. The van der Waals surface area contributed by atoms with Gasteiger partial charge in [0.2, 0.25) is 5.90 Å². The van der Waals surface area contributed by atoms with E-state index in [1.54, 1.807) is 0 Å². The molecular weight excluding hydrogens is 661 g/mol. The maximum absolute atomic E-state index is 6.91. The molecule has 0 saturated heterocycles. The average molecular weight is 699 g/mol. The maximum atomic E-state index is 6.91. The van der Waals surface area contributed by atoms with Gasteiger partial charge in [-0.3, -0.25) is 4.57 Å². The van der Waals surface area contributed by atoms with E-state index in [0.717, 1.165) is 50.1 Å². The van der Waals surface area contributed by atoms with Gasteiger partial charge >= 0.3 is 0 Å². The highest BCUT2D eigenvalue weighted by molar-refractivity contribution is 6.12. The van der Waals surface area contributed by atoms with Crippen molar-refractivity contribution in [1.29, 1.82) is 0 Å². The van der Waals surface area contributed by atoms with E-state index in [1.807, 2.05) is 12.3 Å². The predicted octanol–water partition coefficient (Wildman–Crippen LogP) is 12.1. The second-order valence-corrected chi connectivity index (χ2v) is 15.4. The average Bonchev–Trinajstić information content (AvgIpc) is 3.85.